The number of aryl methyl sites for hydroxylation is 1. The lowest BCUT2D eigenvalue weighted by atomic mass is 10.2. The van der Waals surface area contributed by atoms with Gasteiger partial charge < -0.3 is 5.11 Å². The number of hydrogen-bond donors (Lipinski definition) is 1. The number of rotatable bonds is 4. The zero-order valence-corrected chi connectivity index (χ0v) is 9.79. The van der Waals surface area contributed by atoms with E-state index < -0.39 is 15.1 Å². The average molecular weight is 228 g/mol. The number of aliphatic hydroxyl groups is 1. The molecule has 1 unspecified atom stereocenters. The molecular formula is C11H16O3S. The van der Waals surface area contributed by atoms with Gasteiger partial charge in [0.25, 0.3) is 0 Å². The Morgan fingerprint density at radius 2 is 2.07 bits per heavy atom. The fraction of sp³-hybridized carbons (Fsp3) is 0.455. The van der Waals surface area contributed by atoms with Gasteiger partial charge in [-0.1, -0.05) is 19.1 Å². The molecule has 4 heteroatoms. The van der Waals surface area contributed by atoms with E-state index in [0.717, 1.165) is 5.56 Å². The molecule has 1 aromatic rings. The van der Waals surface area contributed by atoms with Crippen LogP contribution in [-0.4, -0.2) is 25.4 Å². The monoisotopic (exact) mass is 228 g/mol. The van der Waals surface area contributed by atoms with Gasteiger partial charge in [0.05, 0.1) is 16.8 Å². The van der Waals surface area contributed by atoms with Crippen molar-refractivity contribution in [2.45, 2.75) is 30.4 Å². The van der Waals surface area contributed by atoms with Gasteiger partial charge in [-0.3, -0.25) is 0 Å². The van der Waals surface area contributed by atoms with Crippen LogP contribution in [0.2, 0.25) is 0 Å². The second kappa shape index (κ2) is 4.77. The summed E-state index contributed by atoms with van der Waals surface area (Å²) in [5.74, 6) is 0. The Morgan fingerprint density at radius 3 is 2.53 bits per heavy atom. The highest BCUT2D eigenvalue weighted by molar-refractivity contribution is 7.92. The summed E-state index contributed by atoms with van der Waals surface area (Å²) in [7, 11) is -3.37. The van der Waals surface area contributed by atoms with Crippen molar-refractivity contribution >= 4 is 9.84 Å². The van der Waals surface area contributed by atoms with Crippen LogP contribution in [0.1, 0.15) is 18.9 Å². The van der Waals surface area contributed by atoms with Crippen LogP contribution in [0.4, 0.5) is 0 Å². The van der Waals surface area contributed by atoms with E-state index in [1.807, 2.05) is 13.0 Å². The van der Waals surface area contributed by atoms with Crippen molar-refractivity contribution in [2.75, 3.05) is 6.61 Å². The second-order valence-electron chi connectivity index (χ2n) is 3.57. The maximum atomic E-state index is 12.0. The molecule has 0 aliphatic carbocycles. The number of sulfone groups is 1. The first-order valence-corrected chi connectivity index (χ1v) is 6.48. The quantitative estimate of drug-likeness (QED) is 0.850. The van der Waals surface area contributed by atoms with Crippen LogP contribution in [0.3, 0.4) is 0 Å². The van der Waals surface area contributed by atoms with E-state index in [1.54, 1.807) is 25.1 Å². The SMILES string of the molecule is CCC(CO)S(=O)(=O)c1cccc(C)c1. The predicted molar refractivity (Wildman–Crippen MR) is 59.5 cm³/mol. The van der Waals surface area contributed by atoms with E-state index in [2.05, 4.69) is 0 Å². The number of aliphatic hydroxyl groups excluding tert-OH is 1. The Morgan fingerprint density at radius 1 is 1.40 bits per heavy atom. The molecule has 0 radical (unpaired) electrons. The van der Waals surface area contributed by atoms with Crippen LogP contribution < -0.4 is 0 Å². The predicted octanol–water partition coefficient (Wildman–Crippen LogP) is 1.54. The second-order valence-corrected chi connectivity index (χ2v) is 5.80. The largest absolute Gasteiger partial charge is 0.395 e. The highest BCUT2D eigenvalue weighted by Gasteiger charge is 2.24. The van der Waals surface area contributed by atoms with Gasteiger partial charge in [0, 0.05) is 0 Å². The van der Waals surface area contributed by atoms with Crippen LogP contribution in [0.15, 0.2) is 29.2 Å². The van der Waals surface area contributed by atoms with Crippen molar-refractivity contribution in [1.29, 1.82) is 0 Å². The standard InChI is InChI=1S/C11H16O3S/c1-3-10(8-12)15(13,14)11-6-4-5-9(2)7-11/h4-7,10,12H,3,8H2,1-2H3. The molecule has 1 aromatic carbocycles. The third-order valence-electron chi connectivity index (χ3n) is 2.42. The summed E-state index contributed by atoms with van der Waals surface area (Å²) in [6, 6.07) is 6.76. The molecular weight excluding hydrogens is 212 g/mol. The minimum Gasteiger partial charge on any atom is -0.395 e. The molecule has 0 saturated carbocycles. The highest BCUT2D eigenvalue weighted by atomic mass is 32.2. The van der Waals surface area contributed by atoms with Crippen molar-refractivity contribution < 1.29 is 13.5 Å². The van der Waals surface area contributed by atoms with Crippen molar-refractivity contribution in [3.63, 3.8) is 0 Å². The molecule has 0 saturated heterocycles. The molecule has 1 rings (SSSR count). The molecule has 0 fully saturated rings. The van der Waals surface area contributed by atoms with Crippen LogP contribution >= 0.6 is 0 Å². The van der Waals surface area contributed by atoms with Crippen LogP contribution in [-0.2, 0) is 9.84 Å². The van der Waals surface area contributed by atoms with E-state index in [-0.39, 0.29) is 6.61 Å². The van der Waals surface area contributed by atoms with E-state index in [0.29, 0.717) is 11.3 Å². The molecule has 3 nitrogen and oxygen atoms in total. The van der Waals surface area contributed by atoms with Crippen molar-refractivity contribution in [1.82, 2.24) is 0 Å². The Hall–Kier alpha value is -0.870. The zero-order valence-electron chi connectivity index (χ0n) is 8.97. The maximum Gasteiger partial charge on any atom is 0.183 e. The van der Waals surface area contributed by atoms with Gasteiger partial charge in [0.1, 0.15) is 0 Å². The Kier molecular flexibility index (Phi) is 3.88. The van der Waals surface area contributed by atoms with E-state index in [9.17, 15) is 8.42 Å². The van der Waals surface area contributed by atoms with Gasteiger partial charge in [-0.2, -0.15) is 0 Å². The molecule has 0 aromatic heterocycles. The molecule has 0 aliphatic heterocycles. The van der Waals surface area contributed by atoms with Gasteiger partial charge in [-0.05, 0) is 31.0 Å². The smallest absolute Gasteiger partial charge is 0.183 e. The van der Waals surface area contributed by atoms with Crippen LogP contribution in [0.5, 0.6) is 0 Å². The van der Waals surface area contributed by atoms with Crippen LogP contribution in [0, 0.1) is 6.92 Å². The molecule has 1 N–H and O–H groups in total. The van der Waals surface area contributed by atoms with E-state index >= 15 is 0 Å². The van der Waals surface area contributed by atoms with Gasteiger partial charge >= 0.3 is 0 Å². The lowest BCUT2D eigenvalue weighted by molar-refractivity contribution is 0.287. The lowest BCUT2D eigenvalue weighted by Crippen LogP contribution is -2.24. The molecule has 0 heterocycles. The molecule has 0 bridgehead atoms. The summed E-state index contributed by atoms with van der Waals surface area (Å²) < 4.78 is 24.0. The van der Waals surface area contributed by atoms with Crippen molar-refractivity contribution in [2.24, 2.45) is 0 Å². The fourth-order valence-electron chi connectivity index (χ4n) is 1.43. The summed E-state index contributed by atoms with van der Waals surface area (Å²) in [6.07, 6.45) is 0.423. The number of benzene rings is 1. The first-order chi connectivity index (χ1) is 7.02. The topological polar surface area (TPSA) is 54.4 Å². The molecule has 84 valence electrons. The normalized spacial score (nSPS) is 13.8. The summed E-state index contributed by atoms with van der Waals surface area (Å²) in [5, 5.41) is 8.32. The molecule has 1 atom stereocenters. The van der Waals surface area contributed by atoms with Gasteiger partial charge in [0.15, 0.2) is 9.84 Å². The summed E-state index contributed by atoms with van der Waals surface area (Å²) >= 11 is 0. The van der Waals surface area contributed by atoms with Crippen LogP contribution in [0.25, 0.3) is 0 Å². The summed E-state index contributed by atoms with van der Waals surface area (Å²) in [4.78, 5) is 0.295. The Labute approximate surface area is 90.7 Å². The van der Waals surface area contributed by atoms with E-state index in [1.165, 1.54) is 0 Å². The third-order valence-corrected chi connectivity index (χ3v) is 4.69. The Bertz CT molecular complexity index is 419. The van der Waals surface area contributed by atoms with Gasteiger partial charge in [0.2, 0.25) is 0 Å². The first-order valence-electron chi connectivity index (χ1n) is 4.93. The third kappa shape index (κ3) is 2.58. The van der Waals surface area contributed by atoms with E-state index in [4.69, 9.17) is 5.11 Å². The summed E-state index contributed by atoms with van der Waals surface area (Å²) in [6.45, 7) is 3.28. The minimum absolute atomic E-state index is 0.295. The zero-order chi connectivity index (χ0) is 11.5. The Balaban J connectivity index is 3.16. The molecule has 15 heavy (non-hydrogen) atoms. The summed E-state index contributed by atoms with van der Waals surface area (Å²) in [5.41, 5.74) is 0.906. The van der Waals surface area contributed by atoms with Crippen molar-refractivity contribution in [3.8, 4) is 0 Å². The van der Waals surface area contributed by atoms with Crippen molar-refractivity contribution in [3.05, 3.63) is 29.8 Å². The molecule has 0 aliphatic rings. The lowest BCUT2D eigenvalue weighted by Gasteiger charge is -2.13. The molecule has 0 amide bonds. The first kappa shape index (κ1) is 12.2. The van der Waals surface area contributed by atoms with Gasteiger partial charge in [-0.25, -0.2) is 8.42 Å². The number of hydrogen-bond acceptors (Lipinski definition) is 3. The highest BCUT2D eigenvalue weighted by Crippen LogP contribution is 2.18. The maximum absolute atomic E-state index is 12.0. The minimum atomic E-state index is -3.37. The average Bonchev–Trinajstić information content (AvgIpc) is 2.19. The van der Waals surface area contributed by atoms with Gasteiger partial charge in [-0.15, -0.1) is 0 Å². The molecule has 0 spiro atoms. The fourth-order valence-corrected chi connectivity index (χ4v) is 3.07.